The summed E-state index contributed by atoms with van der Waals surface area (Å²) in [6.07, 6.45) is 2.10. The first kappa shape index (κ1) is 12.4. The van der Waals surface area contributed by atoms with Gasteiger partial charge in [0.1, 0.15) is 0 Å². The Morgan fingerprint density at radius 3 is 2.71 bits per heavy atom. The largest absolute Gasteiger partial charge is 0.478 e. The zero-order chi connectivity index (χ0) is 13.0. The van der Waals surface area contributed by atoms with Crippen LogP contribution in [0.15, 0.2) is 18.2 Å². The van der Waals surface area contributed by atoms with Crippen molar-refractivity contribution in [1.82, 2.24) is 0 Å². The third-order valence-corrected chi connectivity index (χ3v) is 2.15. The molecular weight excluding hydrogens is 224 g/mol. The van der Waals surface area contributed by atoms with Crippen molar-refractivity contribution in [2.24, 2.45) is 0 Å². The molecule has 0 bridgehead atoms. The third-order valence-electron chi connectivity index (χ3n) is 2.15. The van der Waals surface area contributed by atoms with E-state index >= 15 is 0 Å². The Hall–Kier alpha value is -2.68. The lowest BCUT2D eigenvalue weighted by Crippen LogP contribution is -1.96. The maximum absolute atomic E-state index is 10.7. The summed E-state index contributed by atoms with van der Waals surface area (Å²) in [4.78, 5) is 20.5. The number of nitro groups is 1. The second-order valence-electron chi connectivity index (χ2n) is 3.25. The van der Waals surface area contributed by atoms with Gasteiger partial charge in [-0.25, -0.2) is 4.79 Å². The normalized spacial score (nSPS) is 10.1. The summed E-state index contributed by atoms with van der Waals surface area (Å²) in [7, 11) is 0. The number of hydrogen-bond acceptors (Lipinski definition) is 4. The Morgan fingerprint density at radius 2 is 2.24 bits per heavy atom. The molecule has 0 atom stereocenters. The van der Waals surface area contributed by atoms with Crippen LogP contribution >= 0.6 is 0 Å². The molecule has 17 heavy (non-hydrogen) atoms. The van der Waals surface area contributed by atoms with Gasteiger partial charge in [0.05, 0.1) is 16.6 Å². The highest BCUT2D eigenvalue weighted by Gasteiger charge is 2.14. The molecule has 0 amide bonds. The lowest BCUT2D eigenvalue weighted by Gasteiger charge is -2.02. The molecule has 86 valence electrons. The zero-order valence-electron chi connectivity index (χ0n) is 8.88. The molecule has 6 heteroatoms. The van der Waals surface area contributed by atoms with Gasteiger partial charge in [0.25, 0.3) is 5.69 Å². The standard InChI is InChI=1S/C11H8N2O4/c1-7-9(2-3-11(14)15)4-8(6-12)5-10(7)13(16)17/h2-5H,1H3,(H,14,15)/b3-2+. The van der Waals surface area contributed by atoms with Crippen LogP contribution in [0.2, 0.25) is 0 Å². The van der Waals surface area contributed by atoms with E-state index < -0.39 is 10.9 Å². The van der Waals surface area contributed by atoms with E-state index in [9.17, 15) is 14.9 Å². The Morgan fingerprint density at radius 1 is 1.59 bits per heavy atom. The molecular formula is C11H8N2O4. The predicted molar refractivity (Wildman–Crippen MR) is 59.2 cm³/mol. The molecule has 0 spiro atoms. The van der Waals surface area contributed by atoms with Crippen LogP contribution < -0.4 is 0 Å². The molecule has 0 aromatic heterocycles. The van der Waals surface area contributed by atoms with Crippen LogP contribution in [0.1, 0.15) is 16.7 Å². The average molecular weight is 232 g/mol. The number of carboxylic acid groups (broad SMARTS) is 1. The first-order chi connectivity index (χ1) is 7.95. The van der Waals surface area contributed by atoms with E-state index in [1.54, 1.807) is 6.07 Å². The van der Waals surface area contributed by atoms with E-state index in [2.05, 4.69) is 0 Å². The van der Waals surface area contributed by atoms with Crippen molar-refractivity contribution in [2.75, 3.05) is 0 Å². The highest BCUT2D eigenvalue weighted by Crippen LogP contribution is 2.24. The third kappa shape index (κ3) is 2.89. The summed E-state index contributed by atoms with van der Waals surface area (Å²) in [6.45, 7) is 1.50. The summed E-state index contributed by atoms with van der Waals surface area (Å²) < 4.78 is 0. The highest BCUT2D eigenvalue weighted by molar-refractivity contribution is 5.86. The molecule has 0 radical (unpaired) electrons. The monoisotopic (exact) mass is 232 g/mol. The summed E-state index contributed by atoms with van der Waals surface area (Å²) in [6, 6.07) is 4.36. The molecule has 0 fully saturated rings. The molecule has 0 aliphatic carbocycles. The van der Waals surface area contributed by atoms with Gasteiger partial charge in [-0.2, -0.15) is 5.26 Å². The molecule has 0 aliphatic heterocycles. The number of benzene rings is 1. The van der Waals surface area contributed by atoms with Gasteiger partial charge in [0.2, 0.25) is 0 Å². The minimum atomic E-state index is -1.16. The van der Waals surface area contributed by atoms with E-state index in [1.807, 2.05) is 0 Å². The predicted octanol–water partition coefficient (Wildman–Crippen LogP) is 1.87. The van der Waals surface area contributed by atoms with Crippen LogP contribution in [0.25, 0.3) is 6.08 Å². The van der Waals surface area contributed by atoms with Crippen LogP contribution in [0, 0.1) is 28.4 Å². The van der Waals surface area contributed by atoms with Crippen molar-refractivity contribution in [3.63, 3.8) is 0 Å². The van der Waals surface area contributed by atoms with Gasteiger partial charge in [-0.3, -0.25) is 10.1 Å². The topological polar surface area (TPSA) is 104 Å². The highest BCUT2D eigenvalue weighted by atomic mass is 16.6. The van der Waals surface area contributed by atoms with E-state index in [0.29, 0.717) is 11.1 Å². The van der Waals surface area contributed by atoms with Crippen LogP contribution in [-0.4, -0.2) is 16.0 Å². The number of carboxylic acids is 1. The van der Waals surface area contributed by atoms with Crippen molar-refractivity contribution in [2.45, 2.75) is 6.92 Å². The van der Waals surface area contributed by atoms with Crippen molar-refractivity contribution in [1.29, 1.82) is 5.26 Å². The van der Waals surface area contributed by atoms with Crippen molar-refractivity contribution < 1.29 is 14.8 Å². The number of aliphatic carboxylic acids is 1. The number of nitro benzene ring substituents is 1. The molecule has 0 saturated heterocycles. The van der Waals surface area contributed by atoms with Gasteiger partial charge in [0, 0.05) is 17.7 Å². The number of carbonyl (C=O) groups is 1. The summed E-state index contributed by atoms with van der Waals surface area (Å²) in [5.41, 5.74) is 0.589. The van der Waals surface area contributed by atoms with Gasteiger partial charge < -0.3 is 5.11 Å². The number of hydrogen-bond donors (Lipinski definition) is 1. The fourth-order valence-electron chi connectivity index (χ4n) is 1.31. The zero-order valence-corrected chi connectivity index (χ0v) is 8.88. The Labute approximate surface area is 96.6 Å². The maximum atomic E-state index is 10.7. The Kier molecular flexibility index (Phi) is 3.57. The second-order valence-corrected chi connectivity index (χ2v) is 3.25. The van der Waals surface area contributed by atoms with Crippen molar-refractivity contribution in [3.8, 4) is 6.07 Å². The molecule has 6 nitrogen and oxygen atoms in total. The first-order valence-corrected chi connectivity index (χ1v) is 4.56. The number of nitriles is 1. The maximum Gasteiger partial charge on any atom is 0.328 e. The number of rotatable bonds is 3. The smallest absolute Gasteiger partial charge is 0.328 e. The van der Waals surface area contributed by atoms with E-state index in [-0.39, 0.29) is 11.3 Å². The van der Waals surface area contributed by atoms with Crippen LogP contribution in [0.3, 0.4) is 0 Å². The SMILES string of the molecule is Cc1c(/C=C/C(=O)O)cc(C#N)cc1[N+](=O)[O-]. The average Bonchev–Trinajstić information content (AvgIpc) is 2.27. The molecule has 1 aromatic carbocycles. The lowest BCUT2D eigenvalue weighted by molar-refractivity contribution is -0.385. The molecule has 1 aromatic rings. The second kappa shape index (κ2) is 4.90. The van der Waals surface area contributed by atoms with Gasteiger partial charge in [0.15, 0.2) is 0 Å². The van der Waals surface area contributed by atoms with Crippen LogP contribution in [-0.2, 0) is 4.79 Å². The van der Waals surface area contributed by atoms with Gasteiger partial charge >= 0.3 is 5.97 Å². The minimum Gasteiger partial charge on any atom is -0.478 e. The Bertz CT molecular complexity index is 555. The van der Waals surface area contributed by atoms with Crippen LogP contribution in [0.5, 0.6) is 0 Å². The molecule has 0 unspecified atom stereocenters. The summed E-state index contributed by atoms with van der Waals surface area (Å²) in [5, 5.41) is 27.9. The van der Waals surface area contributed by atoms with Gasteiger partial charge in [-0.1, -0.05) is 0 Å². The molecule has 1 rings (SSSR count). The first-order valence-electron chi connectivity index (χ1n) is 4.56. The van der Waals surface area contributed by atoms with Crippen molar-refractivity contribution >= 4 is 17.7 Å². The minimum absolute atomic E-state index is 0.118. The fraction of sp³-hybridized carbons (Fsp3) is 0.0909. The van der Waals surface area contributed by atoms with Gasteiger partial charge in [-0.05, 0) is 24.6 Å². The van der Waals surface area contributed by atoms with E-state index in [0.717, 1.165) is 12.1 Å². The van der Waals surface area contributed by atoms with E-state index in [4.69, 9.17) is 10.4 Å². The molecule has 0 aliphatic rings. The lowest BCUT2D eigenvalue weighted by atomic mass is 10.0. The van der Waals surface area contributed by atoms with Crippen LogP contribution in [0.4, 0.5) is 5.69 Å². The van der Waals surface area contributed by atoms with Crippen molar-refractivity contribution in [3.05, 3.63) is 45.0 Å². The molecule has 0 heterocycles. The summed E-state index contributed by atoms with van der Waals surface area (Å²) in [5.74, 6) is -1.16. The quantitative estimate of drug-likeness (QED) is 0.486. The van der Waals surface area contributed by atoms with Gasteiger partial charge in [-0.15, -0.1) is 0 Å². The summed E-state index contributed by atoms with van der Waals surface area (Å²) >= 11 is 0. The molecule has 0 saturated carbocycles. The molecule has 1 N–H and O–H groups in total. The number of nitrogens with zero attached hydrogens (tertiary/aromatic N) is 2. The fourth-order valence-corrected chi connectivity index (χ4v) is 1.31. The Balaban J connectivity index is 3.40. The van der Waals surface area contributed by atoms with E-state index in [1.165, 1.54) is 19.1 Å².